The minimum atomic E-state index is 0.293. The van der Waals surface area contributed by atoms with Gasteiger partial charge in [0.1, 0.15) is 11.6 Å². The number of nitrogens with zero attached hydrogens (tertiary/aromatic N) is 2. The van der Waals surface area contributed by atoms with E-state index in [9.17, 15) is 5.11 Å². The molecule has 2 heterocycles. The van der Waals surface area contributed by atoms with Gasteiger partial charge in [-0.3, -0.25) is 0 Å². The summed E-state index contributed by atoms with van der Waals surface area (Å²) in [5, 5.41) is 16.2. The molecular formula is C22H21N3OS. The van der Waals surface area contributed by atoms with Gasteiger partial charge in [-0.1, -0.05) is 30.3 Å². The maximum Gasteiger partial charge on any atom is 0.163 e. The lowest BCUT2D eigenvalue weighted by atomic mass is 10.1. The molecule has 0 saturated heterocycles. The monoisotopic (exact) mass is 375 g/mol. The second kappa shape index (κ2) is 7.37. The Kier molecular flexibility index (Phi) is 4.77. The first-order chi connectivity index (χ1) is 13.1. The van der Waals surface area contributed by atoms with Crippen LogP contribution in [-0.4, -0.2) is 21.6 Å². The van der Waals surface area contributed by atoms with Crippen molar-refractivity contribution in [1.29, 1.82) is 0 Å². The fourth-order valence-electron chi connectivity index (χ4n) is 3.06. The SMILES string of the molecule is Cc1nc(-c2csc3ccccc23)nc(NCCc2ccc(O)cc2)c1C. The van der Waals surface area contributed by atoms with E-state index >= 15 is 0 Å². The van der Waals surface area contributed by atoms with Crippen LogP contribution in [0, 0.1) is 13.8 Å². The van der Waals surface area contributed by atoms with Crippen molar-refractivity contribution < 1.29 is 5.11 Å². The van der Waals surface area contributed by atoms with Crippen molar-refractivity contribution in [1.82, 2.24) is 9.97 Å². The molecule has 0 aliphatic carbocycles. The average molecular weight is 375 g/mol. The Morgan fingerprint density at radius 1 is 1.00 bits per heavy atom. The molecule has 2 aromatic carbocycles. The van der Waals surface area contributed by atoms with E-state index in [4.69, 9.17) is 9.97 Å². The summed E-state index contributed by atoms with van der Waals surface area (Å²) in [4.78, 5) is 9.55. The van der Waals surface area contributed by atoms with Crippen molar-refractivity contribution in [3.05, 3.63) is 70.7 Å². The van der Waals surface area contributed by atoms with E-state index in [1.807, 2.05) is 26.0 Å². The number of nitrogens with one attached hydrogen (secondary N) is 1. The topological polar surface area (TPSA) is 58.0 Å². The van der Waals surface area contributed by atoms with Gasteiger partial charge in [0.25, 0.3) is 0 Å². The number of aromatic hydroxyl groups is 1. The van der Waals surface area contributed by atoms with Gasteiger partial charge < -0.3 is 10.4 Å². The summed E-state index contributed by atoms with van der Waals surface area (Å²) in [6.07, 6.45) is 0.861. The summed E-state index contributed by atoms with van der Waals surface area (Å²) in [7, 11) is 0. The van der Waals surface area contributed by atoms with Crippen molar-refractivity contribution >= 4 is 27.2 Å². The summed E-state index contributed by atoms with van der Waals surface area (Å²) >= 11 is 1.72. The number of fused-ring (bicyclic) bond motifs is 1. The second-order valence-corrected chi connectivity index (χ2v) is 7.51. The van der Waals surface area contributed by atoms with Crippen LogP contribution in [0.15, 0.2) is 53.9 Å². The lowest BCUT2D eigenvalue weighted by molar-refractivity contribution is 0.475. The van der Waals surface area contributed by atoms with Crippen LogP contribution in [0.4, 0.5) is 5.82 Å². The molecule has 0 amide bonds. The van der Waals surface area contributed by atoms with Crippen LogP contribution in [0.3, 0.4) is 0 Å². The molecule has 0 bridgehead atoms. The van der Waals surface area contributed by atoms with E-state index in [1.54, 1.807) is 23.5 Å². The molecule has 27 heavy (non-hydrogen) atoms. The summed E-state index contributed by atoms with van der Waals surface area (Å²) in [5.74, 6) is 1.94. The standard InChI is InChI=1S/C22H21N3OS/c1-14-15(2)24-22(19-13-27-20-6-4-3-5-18(19)20)25-21(14)23-12-11-16-7-9-17(26)10-8-16/h3-10,13,26H,11-12H2,1-2H3,(H,23,24,25). The third-order valence-corrected chi connectivity index (χ3v) is 5.72. The normalized spacial score (nSPS) is 11.0. The van der Waals surface area contributed by atoms with Crippen molar-refractivity contribution in [3.8, 4) is 17.1 Å². The number of phenolic OH excluding ortho intramolecular Hbond substituents is 1. The quantitative estimate of drug-likeness (QED) is 0.495. The molecule has 5 heteroatoms. The van der Waals surface area contributed by atoms with Gasteiger partial charge >= 0.3 is 0 Å². The molecule has 4 aromatic rings. The Labute approximate surface area is 162 Å². The van der Waals surface area contributed by atoms with E-state index in [1.165, 1.54) is 15.6 Å². The van der Waals surface area contributed by atoms with Crippen LogP contribution in [0.25, 0.3) is 21.5 Å². The molecule has 4 nitrogen and oxygen atoms in total. The third-order valence-electron chi connectivity index (χ3n) is 4.75. The number of aromatic nitrogens is 2. The summed E-state index contributed by atoms with van der Waals surface area (Å²) < 4.78 is 1.25. The Bertz CT molecular complexity index is 1090. The summed E-state index contributed by atoms with van der Waals surface area (Å²) in [6.45, 7) is 4.85. The molecule has 0 unspecified atom stereocenters. The van der Waals surface area contributed by atoms with Gasteiger partial charge in [-0.15, -0.1) is 11.3 Å². The Balaban J connectivity index is 1.58. The number of phenols is 1. The fourth-order valence-corrected chi connectivity index (χ4v) is 4.00. The predicted molar refractivity (Wildman–Crippen MR) is 113 cm³/mol. The molecule has 136 valence electrons. The number of thiophene rings is 1. The zero-order valence-electron chi connectivity index (χ0n) is 15.4. The minimum absolute atomic E-state index is 0.293. The maximum absolute atomic E-state index is 9.39. The van der Waals surface area contributed by atoms with Crippen LogP contribution in [0.5, 0.6) is 5.75 Å². The second-order valence-electron chi connectivity index (χ2n) is 6.59. The van der Waals surface area contributed by atoms with E-state index < -0.39 is 0 Å². The van der Waals surface area contributed by atoms with Crippen molar-refractivity contribution in [2.45, 2.75) is 20.3 Å². The lowest BCUT2D eigenvalue weighted by Gasteiger charge is -2.12. The first-order valence-electron chi connectivity index (χ1n) is 8.95. The first kappa shape index (κ1) is 17.5. The van der Waals surface area contributed by atoms with Crippen LogP contribution in [0.1, 0.15) is 16.8 Å². The molecule has 2 aromatic heterocycles. The van der Waals surface area contributed by atoms with Crippen LogP contribution < -0.4 is 5.32 Å². The van der Waals surface area contributed by atoms with Crippen molar-refractivity contribution in [2.75, 3.05) is 11.9 Å². The number of anilines is 1. The van der Waals surface area contributed by atoms with Crippen LogP contribution >= 0.6 is 11.3 Å². The number of benzene rings is 2. The Morgan fingerprint density at radius 3 is 2.59 bits per heavy atom. The Morgan fingerprint density at radius 2 is 1.78 bits per heavy atom. The molecule has 2 N–H and O–H groups in total. The molecule has 0 spiro atoms. The Hall–Kier alpha value is -2.92. The van der Waals surface area contributed by atoms with Gasteiger partial charge in [0, 0.05) is 38.8 Å². The third kappa shape index (κ3) is 3.64. The number of hydrogen-bond acceptors (Lipinski definition) is 5. The largest absolute Gasteiger partial charge is 0.508 e. The number of rotatable bonds is 5. The van der Waals surface area contributed by atoms with E-state index in [0.717, 1.165) is 41.4 Å². The van der Waals surface area contributed by atoms with Crippen LogP contribution in [-0.2, 0) is 6.42 Å². The fraction of sp³-hybridized carbons (Fsp3) is 0.182. The van der Waals surface area contributed by atoms with Crippen LogP contribution in [0.2, 0.25) is 0 Å². The molecule has 0 radical (unpaired) electrons. The summed E-state index contributed by atoms with van der Waals surface area (Å²) in [5.41, 5.74) is 4.32. The number of hydrogen-bond donors (Lipinski definition) is 2. The molecule has 0 atom stereocenters. The molecule has 0 saturated carbocycles. The molecular weight excluding hydrogens is 354 g/mol. The first-order valence-corrected chi connectivity index (χ1v) is 9.83. The molecule has 4 rings (SSSR count). The van der Waals surface area contributed by atoms with E-state index in [2.05, 4.69) is 35.0 Å². The van der Waals surface area contributed by atoms with Crippen molar-refractivity contribution in [2.24, 2.45) is 0 Å². The van der Waals surface area contributed by atoms with E-state index in [0.29, 0.717) is 5.75 Å². The lowest BCUT2D eigenvalue weighted by Crippen LogP contribution is -2.10. The van der Waals surface area contributed by atoms with Gasteiger partial charge in [0.2, 0.25) is 0 Å². The molecule has 0 aliphatic rings. The highest BCUT2D eigenvalue weighted by Gasteiger charge is 2.13. The highest BCUT2D eigenvalue weighted by atomic mass is 32.1. The highest BCUT2D eigenvalue weighted by Crippen LogP contribution is 2.33. The van der Waals surface area contributed by atoms with Gasteiger partial charge in [0.15, 0.2) is 5.82 Å². The smallest absolute Gasteiger partial charge is 0.163 e. The minimum Gasteiger partial charge on any atom is -0.508 e. The van der Waals surface area contributed by atoms with Gasteiger partial charge in [0.05, 0.1) is 0 Å². The van der Waals surface area contributed by atoms with Gasteiger partial charge in [-0.05, 0) is 44.0 Å². The zero-order valence-corrected chi connectivity index (χ0v) is 16.2. The average Bonchev–Trinajstić information content (AvgIpc) is 3.11. The molecule has 0 fully saturated rings. The highest BCUT2D eigenvalue weighted by molar-refractivity contribution is 7.17. The maximum atomic E-state index is 9.39. The van der Waals surface area contributed by atoms with Gasteiger partial charge in [-0.25, -0.2) is 9.97 Å². The van der Waals surface area contributed by atoms with Gasteiger partial charge in [-0.2, -0.15) is 0 Å². The number of aryl methyl sites for hydroxylation is 1. The van der Waals surface area contributed by atoms with Crippen molar-refractivity contribution in [3.63, 3.8) is 0 Å². The summed E-state index contributed by atoms with van der Waals surface area (Å²) in [6, 6.07) is 15.7. The molecule has 0 aliphatic heterocycles. The predicted octanol–water partition coefficient (Wildman–Crippen LogP) is 5.34. The van der Waals surface area contributed by atoms with E-state index in [-0.39, 0.29) is 0 Å². The zero-order chi connectivity index (χ0) is 18.8.